The highest BCUT2D eigenvalue weighted by Gasteiger charge is 2.22. The fourth-order valence-corrected chi connectivity index (χ4v) is 2.91. The molecule has 0 aliphatic rings. The van der Waals surface area contributed by atoms with Crippen LogP contribution in [-0.2, 0) is 16.5 Å². The summed E-state index contributed by atoms with van der Waals surface area (Å²) in [6.07, 6.45) is 0.629. The molecule has 0 aromatic carbocycles. The van der Waals surface area contributed by atoms with Gasteiger partial charge in [0.1, 0.15) is 0 Å². The predicted molar refractivity (Wildman–Crippen MR) is 57.0 cm³/mol. The lowest BCUT2D eigenvalue weighted by molar-refractivity contribution is 0.461. The van der Waals surface area contributed by atoms with Crippen LogP contribution < -0.4 is 5.73 Å². The second-order valence-corrected chi connectivity index (χ2v) is 5.73. The van der Waals surface area contributed by atoms with Crippen LogP contribution in [0.2, 0.25) is 0 Å². The summed E-state index contributed by atoms with van der Waals surface area (Å²) in [6, 6.07) is 3.70. The highest BCUT2D eigenvalue weighted by atomic mass is 32.2. The molecule has 1 heterocycles. The molecule has 1 rings (SSSR count). The van der Waals surface area contributed by atoms with Crippen molar-refractivity contribution in [2.45, 2.75) is 18.1 Å². The molecule has 0 saturated carbocycles. The molecule has 80 valence electrons. The molecular weight excluding hydrogens is 222 g/mol. The summed E-state index contributed by atoms with van der Waals surface area (Å²) in [4.78, 5) is 0.945. The third kappa shape index (κ3) is 3.38. The van der Waals surface area contributed by atoms with Gasteiger partial charge >= 0.3 is 0 Å². The first-order valence-electron chi connectivity index (χ1n) is 4.23. The Kier molecular flexibility index (Phi) is 4.06. The van der Waals surface area contributed by atoms with E-state index >= 15 is 0 Å². The molecule has 6 heteroatoms. The average Bonchev–Trinajstić information content (AvgIpc) is 2.54. The van der Waals surface area contributed by atoms with E-state index in [1.807, 2.05) is 17.5 Å². The second kappa shape index (κ2) is 4.88. The van der Waals surface area contributed by atoms with Gasteiger partial charge in [0, 0.05) is 11.3 Å². The van der Waals surface area contributed by atoms with Crippen LogP contribution in [0.15, 0.2) is 17.5 Å². The van der Waals surface area contributed by atoms with Crippen molar-refractivity contribution in [1.82, 2.24) is 0 Å². The van der Waals surface area contributed by atoms with Crippen LogP contribution in [0.4, 0.5) is 0 Å². The minimum atomic E-state index is -3.98. The van der Waals surface area contributed by atoms with Gasteiger partial charge in [-0.25, -0.2) is 0 Å². The van der Waals surface area contributed by atoms with Crippen LogP contribution in [0.25, 0.3) is 0 Å². The Bertz CT molecular complexity index is 358. The molecule has 0 saturated heterocycles. The maximum Gasteiger partial charge on any atom is 0.268 e. The molecule has 3 N–H and O–H groups in total. The van der Waals surface area contributed by atoms with E-state index in [1.54, 1.807) is 0 Å². The summed E-state index contributed by atoms with van der Waals surface area (Å²) in [6.45, 7) is 0.260. The van der Waals surface area contributed by atoms with Gasteiger partial charge < -0.3 is 5.73 Å². The van der Waals surface area contributed by atoms with Gasteiger partial charge in [-0.3, -0.25) is 4.55 Å². The Morgan fingerprint density at radius 2 is 2.29 bits per heavy atom. The largest absolute Gasteiger partial charge is 0.330 e. The Morgan fingerprint density at radius 3 is 2.71 bits per heavy atom. The number of thiophene rings is 1. The summed E-state index contributed by atoms with van der Waals surface area (Å²) in [5.74, 6) is 0. The normalized spacial score (nSPS) is 14.1. The van der Waals surface area contributed by atoms with E-state index in [-0.39, 0.29) is 13.0 Å². The van der Waals surface area contributed by atoms with Gasteiger partial charge in [-0.2, -0.15) is 8.42 Å². The monoisotopic (exact) mass is 235 g/mol. The van der Waals surface area contributed by atoms with Crippen molar-refractivity contribution in [3.63, 3.8) is 0 Å². The van der Waals surface area contributed by atoms with Gasteiger partial charge in [-0.1, -0.05) is 6.07 Å². The molecular formula is C8H13NO3S2. The van der Waals surface area contributed by atoms with Crippen molar-refractivity contribution in [1.29, 1.82) is 0 Å². The standard InChI is InChI=1S/C8H13NO3S2/c9-4-3-8(14(10,11)12)6-7-2-1-5-13-7/h1-2,5,8H,3-4,6,9H2,(H,10,11,12). The Hall–Kier alpha value is -0.430. The first kappa shape index (κ1) is 11.6. The maximum absolute atomic E-state index is 11.0. The van der Waals surface area contributed by atoms with Crippen molar-refractivity contribution in [3.05, 3.63) is 22.4 Å². The average molecular weight is 235 g/mol. The molecule has 1 aromatic rings. The summed E-state index contributed by atoms with van der Waals surface area (Å²) in [7, 11) is -3.98. The quantitative estimate of drug-likeness (QED) is 0.743. The second-order valence-electron chi connectivity index (χ2n) is 3.00. The summed E-state index contributed by atoms with van der Waals surface area (Å²) >= 11 is 1.48. The maximum atomic E-state index is 11.0. The fourth-order valence-electron chi connectivity index (χ4n) is 1.20. The molecule has 0 aliphatic heterocycles. The molecule has 0 fully saturated rings. The Morgan fingerprint density at radius 1 is 1.57 bits per heavy atom. The molecule has 0 aliphatic carbocycles. The van der Waals surface area contributed by atoms with E-state index in [1.165, 1.54) is 11.3 Å². The van der Waals surface area contributed by atoms with Gasteiger partial charge in [0.05, 0.1) is 5.25 Å². The molecule has 1 aromatic heterocycles. The summed E-state index contributed by atoms with van der Waals surface area (Å²) in [5.41, 5.74) is 5.28. The zero-order valence-electron chi connectivity index (χ0n) is 7.59. The predicted octanol–water partition coefficient (Wildman–Crippen LogP) is 0.896. The Balaban J connectivity index is 2.71. The highest BCUT2D eigenvalue weighted by Crippen LogP contribution is 2.16. The molecule has 1 unspecified atom stereocenters. The topological polar surface area (TPSA) is 80.4 Å². The minimum absolute atomic E-state index is 0.260. The van der Waals surface area contributed by atoms with Gasteiger partial charge in [-0.05, 0) is 24.4 Å². The third-order valence-electron chi connectivity index (χ3n) is 1.92. The van der Waals surface area contributed by atoms with E-state index in [0.717, 1.165) is 4.88 Å². The number of hydrogen-bond acceptors (Lipinski definition) is 4. The van der Waals surface area contributed by atoms with Crippen molar-refractivity contribution >= 4 is 21.5 Å². The van der Waals surface area contributed by atoms with Gasteiger partial charge in [0.2, 0.25) is 0 Å². The van der Waals surface area contributed by atoms with Gasteiger partial charge in [0.15, 0.2) is 0 Å². The lowest BCUT2D eigenvalue weighted by Gasteiger charge is -2.10. The van der Waals surface area contributed by atoms with E-state index in [9.17, 15) is 8.42 Å². The van der Waals surface area contributed by atoms with E-state index in [4.69, 9.17) is 10.3 Å². The fraction of sp³-hybridized carbons (Fsp3) is 0.500. The summed E-state index contributed by atoms with van der Waals surface area (Å²) in [5, 5.41) is 1.10. The third-order valence-corrected chi connectivity index (χ3v) is 4.06. The minimum Gasteiger partial charge on any atom is -0.330 e. The van der Waals surface area contributed by atoms with Crippen LogP contribution in [0.5, 0.6) is 0 Å². The molecule has 0 radical (unpaired) electrons. The van der Waals surface area contributed by atoms with Crippen LogP contribution in [0.3, 0.4) is 0 Å². The lowest BCUT2D eigenvalue weighted by atomic mass is 10.2. The number of nitrogens with two attached hydrogens (primary N) is 1. The van der Waals surface area contributed by atoms with Crippen molar-refractivity contribution in [2.24, 2.45) is 5.73 Å². The van der Waals surface area contributed by atoms with Crippen LogP contribution in [0, 0.1) is 0 Å². The summed E-state index contributed by atoms with van der Waals surface area (Å²) < 4.78 is 30.8. The first-order valence-corrected chi connectivity index (χ1v) is 6.61. The molecule has 4 nitrogen and oxygen atoms in total. The van der Waals surface area contributed by atoms with Crippen LogP contribution in [0.1, 0.15) is 11.3 Å². The number of rotatable bonds is 5. The lowest BCUT2D eigenvalue weighted by Crippen LogP contribution is -2.25. The first-order chi connectivity index (χ1) is 6.54. The zero-order valence-corrected chi connectivity index (χ0v) is 9.22. The molecule has 1 atom stereocenters. The molecule has 0 spiro atoms. The smallest absolute Gasteiger partial charge is 0.268 e. The van der Waals surface area contributed by atoms with Gasteiger partial charge in [0.25, 0.3) is 10.1 Å². The van der Waals surface area contributed by atoms with Crippen molar-refractivity contribution in [2.75, 3.05) is 6.54 Å². The zero-order chi connectivity index (χ0) is 10.6. The number of hydrogen-bond donors (Lipinski definition) is 2. The van der Waals surface area contributed by atoms with Crippen LogP contribution >= 0.6 is 11.3 Å². The SMILES string of the molecule is NCCC(Cc1cccs1)S(=O)(=O)O. The van der Waals surface area contributed by atoms with Crippen LogP contribution in [-0.4, -0.2) is 24.8 Å². The van der Waals surface area contributed by atoms with Crippen molar-refractivity contribution in [3.8, 4) is 0 Å². The van der Waals surface area contributed by atoms with Gasteiger partial charge in [-0.15, -0.1) is 11.3 Å². The van der Waals surface area contributed by atoms with E-state index < -0.39 is 15.4 Å². The van der Waals surface area contributed by atoms with Crippen molar-refractivity contribution < 1.29 is 13.0 Å². The Labute approximate surface area is 87.5 Å². The van der Waals surface area contributed by atoms with E-state index in [0.29, 0.717) is 6.42 Å². The van der Waals surface area contributed by atoms with E-state index in [2.05, 4.69) is 0 Å². The molecule has 0 amide bonds. The molecule has 0 bridgehead atoms. The molecule has 14 heavy (non-hydrogen) atoms. The highest BCUT2D eigenvalue weighted by molar-refractivity contribution is 7.86.